The maximum absolute atomic E-state index is 11.0. The number of aromatic nitrogens is 3. The second kappa shape index (κ2) is 6.61. The molecule has 0 fully saturated rings. The fourth-order valence-electron chi connectivity index (χ4n) is 1.98. The highest BCUT2D eigenvalue weighted by molar-refractivity contribution is 6.32. The first-order chi connectivity index (χ1) is 12.0. The molecule has 0 spiro atoms. The summed E-state index contributed by atoms with van der Waals surface area (Å²) in [6.45, 7) is 1.70. The van der Waals surface area contributed by atoms with E-state index in [1.54, 1.807) is 25.1 Å². The number of hydrogen-bond donors (Lipinski definition) is 2. The third kappa shape index (κ3) is 3.43. The van der Waals surface area contributed by atoms with Crippen LogP contribution in [0, 0.1) is 17.0 Å². The van der Waals surface area contributed by atoms with Gasteiger partial charge in [0.05, 0.1) is 11.1 Å². The van der Waals surface area contributed by atoms with Crippen LogP contribution in [0.5, 0.6) is 0 Å². The number of rotatable bonds is 5. The predicted molar refractivity (Wildman–Crippen MR) is 91.9 cm³/mol. The molecule has 3 aromatic rings. The Labute approximate surface area is 146 Å². The predicted octanol–water partition coefficient (Wildman–Crippen LogP) is 2.57. The van der Waals surface area contributed by atoms with Gasteiger partial charge in [-0.15, -0.1) is 10.2 Å². The van der Waals surface area contributed by atoms with Gasteiger partial charge in [0.2, 0.25) is 0 Å². The van der Waals surface area contributed by atoms with Crippen LogP contribution in [0.1, 0.15) is 11.6 Å². The van der Waals surface area contributed by atoms with E-state index >= 15 is 0 Å². The summed E-state index contributed by atoms with van der Waals surface area (Å²) in [5, 5.41) is 22.5. The Morgan fingerprint density at radius 2 is 2.20 bits per heavy atom. The minimum Gasteiger partial charge on any atom is -0.455 e. The number of nitrogens with two attached hydrogens (primary N) is 1. The average molecular weight is 362 g/mol. The van der Waals surface area contributed by atoms with Gasteiger partial charge in [0.1, 0.15) is 16.5 Å². The number of furan rings is 1. The lowest BCUT2D eigenvalue weighted by molar-refractivity contribution is -0.384. The Morgan fingerprint density at radius 3 is 2.88 bits per heavy atom. The fourth-order valence-corrected chi connectivity index (χ4v) is 2.17. The number of nitrogens with one attached hydrogen (secondary N) is 1. The quantitative estimate of drug-likeness (QED) is 0.308. The van der Waals surface area contributed by atoms with E-state index in [9.17, 15) is 10.1 Å². The molecular weight excluding hydrogens is 350 g/mol. The number of hydrogen-bond acceptors (Lipinski definition) is 8. The maximum Gasteiger partial charge on any atom is 0.288 e. The van der Waals surface area contributed by atoms with E-state index < -0.39 is 4.92 Å². The zero-order valence-corrected chi connectivity index (χ0v) is 13.6. The van der Waals surface area contributed by atoms with Crippen LogP contribution < -0.4 is 11.3 Å². The number of halogens is 1. The van der Waals surface area contributed by atoms with Gasteiger partial charge >= 0.3 is 0 Å². The summed E-state index contributed by atoms with van der Waals surface area (Å²) < 4.78 is 6.84. The van der Waals surface area contributed by atoms with Crippen LogP contribution in [0.15, 0.2) is 39.9 Å². The first-order valence-corrected chi connectivity index (χ1v) is 7.34. The summed E-state index contributed by atoms with van der Waals surface area (Å²) in [6, 6.07) is 7.76. The summed E-state index contributed by atoms with van der Waals surface area (Å²) in [4.78, 5) is 10.4. The molecule has 0 radical (unpaired) electrons. The van der Waals surface area contributed by atoms with Crippen molar-refractivity contribution >= 4 is 29.5 Å². The van der Waals surface area contributed by atoms with Crippen LogP contribution in [-0.4, -0.2) is 26.0 Å². The number of hydrazone groups is 1. The minimum atomic E-state index is -0.550. The molecule has 0 saturated carbocycles. The Bertz CT molecular complexity index is 963. The van der Waals surface area contributed by atoms with Crippen LogP contribution in [0.4, 0.5) is 11.6 Å². The number of aryl methyl sites for hydroxylation is 1. The van der Waals surface area contributed by atoms with Gasteiger partial charge in [-0.05, 0) is 31.2 Å². The van der Waals surface area contributed by atoms with Gasteiger partial charge in [-0.1, -0.05) is 11.6 Å². The van der Waals surface area contributed by atoms with Crippen LogP contribution in [0.3, 0.4) is 0 Å². The van der Waals surface area contributed by atoms with Crippen molar-refractivity contribution in [1.29, 1.82) is 0 Å². The molecule has 0 bridgehead atoms. The lowest BCUT2D eigenvalue weighted by Gasteiger charge is -1.99. The molecule has 1 aromatic carbocycles. The Kier molecular flexibility index (Phi) is 4.35. The van der Waals surface area contributed by atoms with Gasteiger partial charge in [-0.3, -0.25) is 10.1 Å². The van der Waals surface area contributed by atoms with E-state index in [4.69, 9.17) is 21.9 Å². The molecule has 11 heteroatoms. The molecule has 3 N–H and O–H groups in total. The van der Waals surface area contributed by atoms with Crippen molar-refractivity contribution < 1.29 is 9.34 Å². The average Bonchev–Trinajstić information content (AvgIpc) is 3.17. The van der Waals surface area contributed by atoms with Crippen LogP contribution in [-0.2, 0) is 0 Å². The van der Waals surface area contributed by atoms with Gasteiger partial charge in [-0.25, -0.2) is 10.1 Å². The molecule has 2 heterocycles. The zero-order chi connectivity index (χ0) is 18.0. The smallest absolute Gasteiger partial charge is 0.288 e. The molecule has 0 aliphatic heterocycles. The number of anilines is 1. The topological polar surface area (TPSA) is 137 Å². The summed E-state index contributed by atoms with van der Waals surface area (Å²) in [7, 11) is 0. The normalized spacial score (nSPS) is 11.1. The Hall–Kier alpha value is -3.40. The lowest BCUT2D eigenvalue weighted by atomic mass is 10.1. The van der Waals surface area contributed by atoms with E-state index in [-0.39, 0.29) is 16.7 Å². The lowest BCUT2D eigenvalue weighted by Crippen LogP contribution is -2.13. The van der Waals surface area contributed by atoms with Crippen molar-refractivity contribution in [3.63, 3.8) is 0 Å². The van der Waals surface area contributed by atoms with Crippen molar-refractivity contribution in [3.05, 3.63) is 57.1 Å². The summed E-state index contributed by atoms with van der Waals surface area (Å²) in [6.07, 6.45) is 1.41. The number of nitro benzene ring substituents is 1. The van der Waals surface area contributed by atoms with Gasteiger partial charge in [-0.2, -0.15) is 5.10 Å². The van der Waals surface area contributed by atoms with Crippen molar-refractivity contribution in [3.8, 4) is 11.3 Å². The second-order valence-corrected chi connectivity index (χ2v) is 5.34. The van der Waals surface area contributed by atoms with Crippen molar-refractivity contribution in [2.75, 3.05) is 11.3 Å². The fraction of sp³-hybridized carbons (Fsp3) is 0.0714. The van der Waals surface area contributed by atoms with E-state index in [2.05, 4.69) is 20.7 Å². The number of benzene rings is 1. The molecule has 25 heavy (non-hydrogen) atoms. The van der Waals surface area contributed by atoms with E-state index in [0.29, 0.717) is 22.9 Å². The van der Waals surface area contributed by atoms with Gasteiger partial charge < -0.3 is 10.3 Å². The van der Waals surface area contributed by atoms with E-state index in [1.165, 1.54) is 23.0 Å². The van der Waals surface area contributed by atoms with Crippen LogP contribution >= 0.6 is 11.6 Å². The first kappa shape index (κ1) is 16.5. The van der Waals surface area contributed by atoms with Crippen LogP contribution in [0.2, 0.25) is 5.02 Å². The van der Waals surface area contributed by atoms with E-state index in [1.807, 2.05) is 0 Å². The standard InChI is InChI=1S/C14H12ClN7O3/c1-8-18-20-14(21(8)16)19-17-7-10-3-5-13(25-10)9-2-4-11(15)12(6-9)22(23)24/h2-7H,16H2,1H3,(H,19,20)/b17-7+. The third-order valence-electron chi connectivity index (χ3n) is 3.28. The largest absolute Gasteiger partial charge is 0.455 e. The number of nitrogens with zero attached hydrogens (tertiary/aromatic N) is 5. The third-order valence-corrected chi connectivity index (χ3v) is 3.60. The SMILES string of the molecule is Cc1nnc(N/N=C/c2ccc(-c3ccc(Cl)c([N+](=O)[O-])c3)o2)n1N. The van der Waals surface area contributed by atoms with Crippen molar-refractivity contribution in [2.24, 2.45) is 5.10 Å². The molecule has 0 unspecified atom stereocenters. The van der Waals surface area contributed by atoms with Gasteiger partial charge in [0.15, 0.2) is 5.82 Å². The highest BCUT2D eigenvalue weighted by Crippen LogP contribution is 2.30. The van der Waals surface area contributed by atoms with Crippen LogP contribution in [0.25, 0.3) is 11.3 Å². The summed E-state index contributed by atoms with van der Waals surface area (Å²) in [5.41, 5.74) is 2.97. The minimum absolute atomic E-state index is 0.0625. The second-order valence-electron chi connectivity index (χ2n) is 4.94. The monoisotopic (exact) mass is 361 g/mol. The molecular formula is C14H12ClN7O3. The van der Waals surface area contributed by atoms with Crippen molar-refractivity contribution in [2.45, 2.75) is 6.92 Å². The first-order valence-electron chi connectivity index (χ1n) is 6.96. The van der Waals surface area contributed by atoms with E-state index in [0.717, 1.165) is 0 Å². The molecule has 0 amide bonds. The molecule has 2 aromatic heterocycles. The van der Waals surface area contributed by atoms with Crippen molar-refractivity contribution in [1.82, 2.24) is 14.9 Å². The Balaban J connectivity index is 1.76. The molecule has 0 atom stereocenters. The maximum atomic E-state index is 11.0. The zero-order valence-electron chi connectivity index (χ0n) is 12.9. The molecule has 0 aliphatic carbocycles. The molecule has 3 rings (SSSR count). The Morgan fingerprint density at radius 1 is 1.40 bits per heavy atom. The van der Waals surface area contributed by atoms with Gasteiger partial charge in [0.25, 0.3) is 11.6 Å². The molecule has 0 aliphatic rings. The molecule has 10 nitrogen and oxygen atoms in total. The molecule has 0 saturated heterocycles. The molecule has 128 valence electrons. The highest BCUT2D eigenvalue weighted by atomic mass is 35.5. The summed E-state index contributed by atoms with van der Waals surface area (Å²) >= 11 is 5.80. The highest BCUT2D eigenvalue weighted by Gasteiger charge is 2.15. The summed E-state index contributed by atoms with van der Waals surface area (Å²) in [5.74, 6) is 7.36. The number of nitrogen functional groups attached to an aromatic ring is 1. The van der Waals surface area contributed by atoms with Gasteiger partial charge in [0, 0.05) is 11.6 Å². The number of nitro groups is 1.